The molecule has 11 heteroatoms. The van der Waals surface area contributed by atoms with Crippen molar-refractivity contribution < 1.29 is 32.6 Å². The van der Waals surface area contributed by atoms with E-state index in [0.717, 1.165) is 0 Å². The highest BCUT2D eigenvalue weighted by atomic mass is 79.9. The Balaban J connectivity index is 1.75. The van der Waals surface area contributed by atoms with Crippen molar-refractivity contribution in [3.05, 3.63) is 94.5 Å². The summed E-state index contributed by atoms with van der Waals surface area (Å²) in [7, 11) is -2.44. The number of ether oxygens (including phenoxy) is 2. The SMILES string of the molecule is CONC(=O)[C@@]1(CCS(=O)(=O)c2ccccc2)N=C(c2ccc(OCCCO)cc2)O[C@H]1c1ccccc1Br. The average Bonchev–Trinajstić information content (AvgIpc) is 3.34. The molecule has 0 aromatic heterocycles. The van der Waals surface area contributed by atoms with Gasteiger partial charge >= 0.3 is 0 Å². The zero-order valence-corrected chi connectivity index (χ0v) is 23.7. The zero-order valence-electron chi connectivity index (χ0n) is 21.2. The minimum Gasteiger partial charge on any atom is -0.494 e. The van der Waals surface area contributed by atoms with Crippen LogP contribution in [0.15, 0.2) is 93.2 Å². The van der Waals surface area contributed by atoms with Crippen LogP contribution in [0.2, 0.25) is 0 Å². The van der Waals surface area contributed by atoms with Crippen LogP contribution in [0.4, 0.5) is 0 Å². The van der Waals surface area contributed by atoms with Gasteiger partial charge < -0.3 is 14.6 Å². The van der Waals surface area contributed by atoms with Crippen molar-refractivity contribution in [3.8, 4) is 5.75 Å². The summed E-state index contributed by atoms with van der Waals surface area (Å²) in [5, 5.41) is 8.97. The summed E-state index contributed by atoms with van der Waals surface area (Å²) in [4.78, 5) is 23.5. The van der Waals surface area contributed by atoms with Gasteiger partial charge in [0.05, 0.1) is 24.4 Å². The van der Waals surface area contributed by atoms with Crippen molar-refractivity contribution >= 4 is 37.6 Å². The number of aliphatic hydroxyl groups is 1. The number of nitrogens with one attached hydrogen (secondary N) is 1. The first-order chi connectivity index (χ1) is 18.8. The van der Waals surface area contributed by atoms with E-state index in [0.29, 0.717) is 34.4 Å². The van der Waals surface area contributed by atoms with Gasteiger partial charge in [-0.15, -0.1) is 0 Å². The molecule has 39 heavy (non-hydrogen) atoms. The second-order valence-corrected chi connectivity index (χ2v) is 11.8. The fourth-order valence-corrected chi connectivity index (χ4v) is 6.13. The molecular formula is C28H29BrN2O7S. The minimum atomic E-state index is -3.74. The molecule has 4 rings (SSSR count). The Bertz CT molecular complexity index is 1420. The molecule has 3 aromatic rings. The summed E-state index contributed by atoms with van der Waals surface area (Å²) in [6.07, 6.45) is -0.615. The molecule has 0 saturated heterocycles. The third-order valence-corrected chi connectivity index (χ3v) is 8.72. The van der Waals surface area contributed by atoms with Gasteiger partial charge in [0, 0.05) is 35.0 Å². The van der Waals surface area contributed by atoms with Crippen LogP contribution in [0, 0.1) is 0 Å². The van der Waals surface area contributed by atoms with E-state index in [2.05, 4.69) is 21.4 Å². The monoisotopic (exact) mass is 616 g/mol. The van der Waals surface area contributed by atoms with E-state index >= 15 is 0 Å². The van der Waals surface area contributed by atoms with Crippen molar-refractivity contribution in [3.63, 3.8) is 0 Å². The van der Waals surface area contributed by atoms with E-state index in [1.165, 1.54) is 19.2 Å². The first-order valence-corrected chi connectivity index (χ1v) is 14.7. The third kappa shape index (κ3) is 6.50. The molecule has 9 nitrogen and oxygen atoms in total. The second-order valence-electron chi connectivity index (χ2n) is 8.83. The van der Waals surface area contributed by atoms with Crippen LogP contribution in [0.25, 0.3) is 0 Å². The Labute approximate surface area is 235 Å². The quantitative estimate of drug-likeness (QED) is 0.233. The van der Waals surface area contributed by atoms with Crippen molar-refractivity contribution in [2.45, 2.75) is 29.4 Å². The molecule has 2 N–H and O–H groups in total. The number of hydrogen-bond donors (Lipinski definition) is 2. The lowest BCUT2D eigenvalue weighted by atomic mass is 9.85. The maximum Gasteiger partial charge on any atom is 0.275 e. The number of amides is 1. The van der Waals surface area contributed by atoms with Gasteiger partial charge in [-0.05, 0) is 42.5 Å². The third-order valence-electron chi connectivity index (χ3n) is 6.27. The molecule has 1 heterocycles. The molecule has 0 aliphatic carbocycles. The van der Waals surface area contributed by atoms with E-state index in [1.807, 2.05) is 12.1 Å². The van der Waals surface area contributed by atoms with Crippen molar-refractivity contribution in [1.82, 2.24) is 5.48 Å². The smallest absolute Gasteiger partial charge is 0.275 e. The van der Waals surface area contributed by atoms with E-state index in [9.17, 15) is 13.2 Å². The van der Waals surface area contributed by atoms with Gasteiger partial charge in [0.2, 0.25) is 5.90 Å². The molecule has 2 atom stereocenters. The largest absolute Gasteiger partial charge is 0.494 e. The lowest BCUT2D eigenvalue weighted by molar-refractivity contribution is -0.139. The molecule has 0 saturated carbocycles. The Morgan fingerprint density at radius 1 is 1.08 bits per heavy atom. The minimum absolute atomic E-state index is 0.0325. The summed E-state index contributed by atoms with van der Waals surface area (Å²) in [6, 6.07) is 22.3. The number of carbonyl (C=O) groups excluding carboxylic acids is 1. The molecule has 0 fully saturated rings. The standard InChI is InChI=1S/C28H29BrN2O7S/c1-36-31-27(33)28(16-19-39(34,35)22-8-3-2-4-9-22)25(23-10-5-6-11-24(23)29)38-26(30-28)20-12-14-21(15-13-20)37-18-7-17-32/h2-6,8-15,25,32H,7,16-19H2,1H3,(H,31,33)/t25-,28-/m0/s1. The highest BCUT2D eigenvalue weighted by Gasteiger charge is 2.54. The van der Waals surface area contributed by atoms with Crippen LogP contribution in [0.3, 0.4) is 0 Å². The summed E-state index contributed by atoms with van der Waals surface area (Å²) in [6.45, 7) is 0.401. The molecule has 0 unspecified atom stereocenters. The normalized spacial score (nSPS) is 18.7. The number of halogens is 1. The number of nitrogens with zero attached hydrogens (tertiary/aromatic N) is 1. The summed E-state index contributed by atoms with van der Waals surface area (Å²) < 4.78 is 39.1. The highest BCUT2D eigenvalue weighted by molar-refractivity contribution is 9.10. The highest BCUT2D eigenvalue weighted by Crippen LogP contribution is 2.45. The van der Waals surface area contributed by atoms with Gasteiger partial charge in [-0.25, -0.2) is 18.9 Å². The van der Waals surface area contributed by atoms with E-state index < -0.39 is 27.4 Å². The molecule has 206 valence electrons. The predicted octanol–water partition coefficient (Wildman–Crippen LogP) is 4.01. The first-order valence-electron chi connectivity index (χ1n) is 12.3. The molecule has 0 radical (unpaired) electrons. The van der Waals surface area contributed by atoms with Gasteiger partial charge in [-0.1, -0.05) is 52.3 Å². The zero-order chi connectivity index (χ0) is 27.9. The van der Waals surface area contributed by atoms with Gasteiger partial charge in [-0.3, -0.25) is 9.63 Å². The molecule has 1 aliphatic heterocycles. The van der Waals surface area contributed by atoms with Crippen LogP contribution in [-0.4, -0.2) is 56.9 Å². The number of sulfone groups is 1. The average molecular weight is 618 g/mol. The van der Waals surface area contributed by atoms with Crippen LogP contribution in [0.5, 0.6) is 5.75 Å². The van der Waals surface area contributed by atoms with Crippen LogP contribution in [0.1, 0.15) is 30.1 Å². The number of hydroxylamine groups is 1. The lowest BCUT2D eigenvalue weighted by Crippen LogP contribution is -2.49. The Morgan fingerprint density at radius 3 is 2.44 bits per heavy atom. The molecule has 0 spiro atoms. The van der Waals surface area contributed by atoms with Gasteiger partial charge in [0.1, 0.15) is 5.75 Å². The van der Waals surface area contributed by atoms with Crippen molar-refractivity contribution in [1.29, 1.82) is 0 Å². The summed E-state index contributed by atoms with van der Waals surface area (Å²) >= 11 is 3.54. The number of carbonyl (C=O) groups is 1. The van der Waals surface area contributed by atoms with Crippen molar-refractivity contribution in [2.75, 3.05) is 26.1 Å². The number of benzene rings is 3. The number of aliphatic hydroxyl groups excluding tert-OH is 1. The Kier molecular flexibility index (Phi) is 9.39. The molecule has 0 bridgehead atoms. The number of rotatable bonds is 12. The second kappa shape index (κ2) is 12.7. The molecule has 1 amide bonds. The fraction of sp³-hybridized carbons (Fsp3) is 0.286. The summed E-state index contributed by atoms with van der Waals surface area (Å²) in [5.41, 5.74) is 1.91. The lowest BCUT2D eigenvalue weighted by Gasteiger charge is -2.30. The topological polar surface area (TPSA) is 124 Å². The summed E-state index contributed by atoms with van der Waals surface area (Å²) in [5.74, 6) is -0.202. The van der Waals surface area contributed by atoms with E-state index in [4.69, 9.17) is 24.4 Å². The maximum absolute atomic E-state index is 13.6. The molecular weight excluding hydrogens is 588 g/mol. The number of hydrogen-bond acceptors (Lipinski definition) is 8. The van der Waals surface area contributed by atoms with Crippen LogP contribution in [-0.2, 0) is 24.2 Å². The van der Waals surface area contributed by atoms with E-state index in [1.54, 1.807) is 54.6 Å². The fourth-order valence-electron chi connectivity index (χ4n) is 4.25. The van der Waals surface area contributed by atoms with Gasteiger partial charge in [0.25, 0.3) is 5.91 Å². The van der Waals surface area contributed by atoms with Crippen molar-refractivity contribution in [2.24, 2.45) is 4.99 Å². The van der Waals surface area contributed by atoms with Gasteiger partial charge in [-0.2, -0.15) is 0 Å². The van der Waals surface area contributed by atoms with Crippen LogP contribution >= 0.6 is 15.9 Å². The Hall–Kier alpha value is -3.25. The van der Waals surface area contributed by atoms with Gasteiger partial charge in [0.15, 0.2) is 21.5 Å². The first kappa shape index (κ1) is 28.8. The molecule has 1 aliphatic rings. The Morgan fingerprint density at radius 2 is 1.77 bits per heavy atom. The predicted molar refractivity (Wildman–Crippen MR) is 149 cm³/mol. The molecule has 3 aromatic carbocycles. The van der Waals surface area contributed by atoms with E-state index in [-0.39, 0.29) is 29.6 Å². The maximum atomic E-state index is 13.6. The van der Waals surface area contributed by atoms with Crippen LogP contribution < -0.4 is 10.2 Å². The number of aliphatic imine (C=N–C) groups is 1.